The summed E-state index contributed by atoms with van der Waals surface area (Å²) in [5.74, 6) is -0.315. The third-order valence-corrected chi connectivity index (χ3v) is 4.68. The summed E-state index contributed by atoms with van der Waals surface area (Å²) >= 11 is 7.37. The Morgan fingerprint density at radius 3 is 2.70 bits per heavy atom. The molecule has 3 rings (SSSR count). The number of benzene rings is 2. The Labute approximate surface area is 164 Å². The van der Waals surface area contributed by atoms with Gasteiger partial charge in [-0.25, -0.2) is 4.98 Å². The molecule has 0 unspecified atom stereocenters. The lowest BCUT2D eigenvalue weighted by Gasteiger charge is -2.07. The number of amides is 2. The van der Waals surface area contributed by atoms with E-state index in [-0.39, 0.29) is 18.9 Å². The maximum atomic E-state index is 12.3. The number of hydrogen-bond acceptors (Lipinski definition) is 5. The average molecular weight is 402 g/mol. The number of hydrogen-bond donors (Lipinski definition) is 2. The lowest BCUT2D eigenvalue weighted by molar-refractivity contribution is -0.120. The highest BCUT2D eigenvalue weighted by Gasteiger charge is 2.10. The molecule has 2 aromatic carbocycles. The van der Waals surface area contributed by atoms with Crippen LogP contribution in [0, 0.1) is 0 Å². The molecule has 0 saturated carbocycles. The largest absolute Gasteiger partial charge is 0.484 e. The van der Waals surface area contributed by atoms with E-state index in [0.717, 1.165) is 10.6 Å². The van der Waals surface area contributed by atoms with Gasteiger partial charge >= 0.3 is 0 Å². The van der Waals surface area contributed by atoms with Gasteiger partial charge in [-0.1, -0.05) is 29.8 Å². The number of primary amides is 1. The number of nitrogens with one attached hydrogen (secondary N) is 1. The summed E-state index contributed by atoms with van der Waals surface area (Å²) in [7, 11) is 0. The van der Waals surface area contributed by atoms with Crippen LogP contribution in [0.25, 0.3) is 10.6 Å². The molecule has 3 N–H and O–H groups in total. The molecule has 1 heterocycles. The van der Waals surface area contributed by atoms with Crippen molar-refractivity contribution in [1.82, 2.24) is 4.98 Å². The van der Waals surface area contributed by atoms with Crippen molar-refractivity contribution < 1.29 is 14.3 Å². The first-order valence-electron chi connectivity index (χ1n) is 8.01. The molecule has 2 amide bonds. The number of rotatable bonds is 7. The number of carbonyl (C=O) groups excluding carboxylic acids is 2. The van der Waals surface area contributed by atoms with Crippen molar-refractivity contribution in [2.24, 2.45) is 5.73 Å². The van der Waals surface area contributed by atoms with E-state index in [2.05, 4.69) is 10.3 Å². The molecule has 6 nitrogen and oxygen atoms in total. The van der Waals surface area contributed by atoms with E-state index in [1.54, 1.807) is 36.4 Å². The smallest absolute Gasteiger partial charge is 0.255 e. The second kappa shape index (κ2) is 8.66. The third kappa shape index (κ3) is 5.54. The molecule has 0 radical (unpaired) electrons. The fraction of sp³-hybridized carbons (Fsp3) is 0.105. The number of halogens is 1. The first-order chi connectivity index (χ1) is 13.0. The van der Waals surface area contributed by atoms with E-state index in [1.807, 2.05) is 17.5 Å². The van der Waals surface area contributed by atoms with Crippen LogP contribution in [0.15, 0.2) is 53.9 Å². The van der Waals surface area contributed by atoms with Crippen LogP contribution >= 0.6 is 22.9 Å². The Balaban J connectivity index is 1.60. The first-order valence-corrected chi connectivity index (χ1v) is 9.27. The standard InChI is InChI=1S/C19H16ClN3O3S/c20-13-6-4-12(5-7-13)19-23-15(11-27-19)9-18(25)22-14-2-1-3-16(8-14)26-10-17(21)24/h1-8,11H,9-10H2,(H2,21,24)(H,22,25). The van der Waals surface area contributed by atoms with E-state index in [4.69, 9.17) is 22.1 Å². The highest BCUT2D eigenvalue weighted by molar-refractivity contribution is 7.13. The molecule has 0 aliphatic carbocycles. The zero-order chi connectivity index (χ0) is 19.2. The van der Waals surface area contributed by atoms with Crippen molar-refractivity contribution in [3.05, 3.63) is 64.6 Å². The summed E-state index contributed by atoms with van der Waals surface area (Å²) in [6.07, 6.45) is 0.149. The Kier molecular flexibility index (Phi) is 6.05. The van der Waals surface area contributed by atoms with E-state index in [0.29, 0.717) is 22.2 Å². The van der Waals surface area contributed by atoms with Crippen LogP contribution in [0.5, 0.6) is 5.75 Å². The van der Waals surface area contributed by atoms with Crippen molar-refractivity contribution in [3.8, 4) is 16.3 Å². The Morgan fingerprint density at radius 2 is 1.96 bits per heavy atom. The molecular formula is C19H16ClN3O3S. The quantitative estimate of drug-likeness (QED) is 0.633. The molecular weight excluding hydrogens is 386 g/mol. The van der Waals surface area contributed by atoms with Gasteiger partial charge in [-0.3, -0.25) is 9.59 Å². The minimum atomic E-state index is -0.565. The lowest BCUT2D eigenvalue weighted by Crippen LogP contribution is -2.20. The number of nitrogens with two attached hydrogens (primary N) is 1. The molecule has 27 heavy (non-hydrogen) atoms. The summed E-state index contributed by atoms with van der Waals surface area (Å²) in [6, 6.07) is 14.1. The van der Waals surface area contributed by atoms with Gasteiger partial charge in [0, 0.05) is 27.7 Å². The van der Waals surface area contributed by atoms with E-state index < -0.39 is 5.91 Å². The van der Waals surface area contributed by atoms with Crippen LogP contribution in [0.1, 0.15) is 5.69 Å². The van der Waals surface area contributed by atoms with E-state index >= 15 is 0 Å². The molecule has 1 aromatic heterocycles. The molecule has 0 atom stereocenters. The molecule has 0 bridgehead atoms. The van der Waals surface area contributed by atoms with Crippen LogP contribution < -0.4 is 15.8 Å². The molecule has 8 heteroatoms. The van der Waals surface area contributed by atoms with Gasteiger partial charge in [-0.05, 0) is 24.3 Å². The monoisotopic (exact) mass is 401 g/mol. The molecule has 0 aliphatic heterocycles. The van der Waals surface area contributed by atoms with Gasteiger partial charge in [-0.15, -0.1) is 11.3 Å². The minimum absolute atomic E-state index is 0.149. The number of thiazole rings is 1. The zero-order valence-electron chi connectivity index (χ0n) is 14.1. The second-order valence-electron chi connectivity index (χ2n) is 5.66. The minimum Gasteiger partial charge on any atom is -0.484 e. The molecule has 0 saturated heterocycles. The highest BCUT2D eigenvalue weighted by Crippen LogP contribution is 2.25. The van der Waals surface area contributed by atoms with Crippen molar-refractivity contribution in [1.29, 1.82) is 0 Å². The normalized spacial score (nSPS) is 10.4. The number of aromatic nitrogens is 1. The third-order valence-electron chi connectivity index (χ3n) is 3.48. The summed E-state index contributed by atoms with van der Waals surface area (Å²) < 4.78 is 5.22. The number of ether oxygens (including phenoxy) is 1. The second-order valence-corrected chi connectivity index (χ2v) is 6.95. The SMILES string of the molecule is NC(=O)COc1cccc(NC(=O)Cc2csc(-c3ccc(Cl)cc3)n2)c1. The topological polar surface area (TPSA) is 94.3 Å². The molecule has 3 aromatic rings. The highest BCUT2D eigenvalue weighted by atomic mass is 35.5. The summed E-state index contributed by atoms with van der Waals surface area (Å²) in [6.45, 7) is -0.219. The average Bonchev–Trinajstić information content (AvgIpc) is 3.09. The number of anilines is 1. The van der Waals surface area contributed by atoms with Crippen LogP contribution in [0.3, 0.4) is 0 Å². The van der Waals surface area contributed by atoms with Crippen LogP contribution in [0.2, 0.25) is 5.02 Å². The van der Waals surface area contributed by atoms with Crippen LogP contribution in [-0.2, 0) is 16.0 Å². The molecule has 0 fully saturated rings. The lowest BCUT2D eigenvalue weighted by atomic mass is 10.2. The summed E-state index contributed by atoms with van der Waals surface area (Å²) in [4.78, 5) is 27.5. The van der Waals surface area contributed by atoms with E-state index in [9.17, 15) is 9.59 Å². The van der Waals surface area contributed by atoms with Gasteiger partial charge in [0.25, 0.3) is 5.91 Å². The maximum absolute atomic E-state index is 12.3. The van der Waals surface area contributed by atoms with Gasteiger partial charge in [-0.2, -0.15) is 0 Å². The molecule has 138 valence electrons. The number of carbonyl (C=O) groups is 2. The summed E-state index contributed by atoms with van der Waals surface area (Å²) in [5, 5.41) is 6.14. The van der Waals surface area contributed by atoms with Gasteiger partial charge in [0.1, 0.15) is 10.8 Å². The van der Waals surface area contributed by atoms with Gasteiger partial charge < -0.3 is 15.8 Å². The van der Waals surface area contributed by atoms with Crippen LogP contribution in [0.4, 0.5) is 5.69 Å². The summed E-state index contributed by atoms with van der Waals surface area (Å²) in [5.41, 5.74) is 7.25. The van der Waals surface area contributed by atoms with Crippen molar-refractivity contribution in [3.63, 3.8) is 0 Å². The molecule has 0 aliphatic rings. The Morgan fingerprint density at radius 1 is 1.19 bits per heavy atom. The van der Waals surface area contributed by atoms with Crippen molar-refractivity contribution in [2.45, 2.75) is 6.42 Å². The van der Waals surface area contributed by atoms with Gasteiger partial charge in [0.15, 0.2) is 6.61 Å². The van der Waals surface area contributed by atoms with Gasteiger partial charge in [0.2, 0.25) is 5.91 Å². The van der Waals surface area contributed by atoms with Crippen LogP contribution in [-0.4, -0.2) is 23.4 Å². The zero-order valence-corrected chi connectivity index (χ0v) is 15.7. The first kappa shape index (κ1) is 18.9. The Bertz CT molecular complexity index is 957. The fourth-order valence-corrected chi connectivity index (χ4v) is 3.25. The number of nitrogens with zero attached hydrogens (tertiary/aromatic N) is 1. The predicted octanol–water partition coefficient (Wildman–Crippen LogP) is 3.51. The van der Waals surface area contributed by atoms with Crippen molar-refractivity contribution >= 4 is 40.4 Å². The van der Waals surface area contributed by atoms with Gasteiger partial charge in [0.05, 0.1) is 12.1 Å². The maximum Gasteiger partial charge on any atom is 0.255 e. The fourth-order valence-electron chi connectivity index (χ4n) is 2.30. The van der Waals surface area contributed by atoms with E-state index in [1.165, 1.54) is 11.3 Å². The van der Waals surface area contributed by atoms with Crippen molar-refractivity contribution in [2.75, 3.05) is 11.9 Å². The Hall–Kier alpha value is -2.90. The predicted molar refractivity (Wildman–Crippen MR) is 106 cm³/mol. The molecule has 0 spiro atoms.